The molecule has 3 rings (SSSR count). The lowest BCUT2D eigenvalue weighted by molar-refractivity contribution is -0.115. The van der Waals surface area contributed by atoms with Crippen LogP contribution >= 0.6 is 11.8 Å². The zero-order valence-electron chi connectivity index (χ0n) is 13.7. The number of rotatable bonds is 6. The zero-order chi connectivity index (χ0) is 17.6. The summed E-state index contributed by atoms with van der Waals surface area (Å²) in [4.78, 5) is 16.4. The van der Waals surface area contributed by atoms with Crippen LogP contribution in [0.25, 0.3) is 11.5 Å². The second-order valence-electron chi connectivity index (χ2n) is 5.06. The minimum Gasteiger partial charge on any atom is -0.495 e. The molecule has 2 aromatic heterocycles. The van der Waals surface area contributed by atoms with Gasteiger partial charge in [-0.05, 0) is 31.2 Å². The minimum absolute atomic E-state index is 0.185. The Morgan fingerprint density at radius 2 is 2.08 bits per heavy atom. The number of carbonyl (C=O) groups excluding carboxylic acids is 1. The number of aromatic nitrogens is 3. The number of ether oxygens (including phenoxy) is 1. The number of benzene rings is 1. The van der Waals surface area contributed by atoms with Crippen molar-refractivity contribution in [1.82, 2.24) is 15.2 Å². The van der Waals surface area contributed by atoms with E-state index in [-0.39, 0.29) is 5.91 Å². The van der Waals surface area contributed by atoms with Crippen molar-refractivity contribution in [2.75, 3.05) is 12.4 Å². The van der Waals surface area contributed by atoms with Crippen LogP contribution in [-0.2, 0) is 4.79 Å². The third-order valence-corrected chi connectivity index (χ3v) is 4.26. The lowest BCUT2D eigenvalue weighted by Gasteiger charge is -2.12. The number of anilines is 1. The van der Waals surface area contributed by atoms with Gasteiger partial charge in [0.25, 0.3) is 5.22 Å². The average molecular weight is 356 g/mol. The molecule has 0 fully saturated rings. The first kappa shape index (κ1) is 17.0. The van der Waals surface area contributed by atoms with Crippen LogP contribution in [0.15, 0.2) is 58.4 Å². The fourth-order valence-corrected chi connectivity index (χ4v) is 2.73. The van der Waals surface area contributed by atoms with Crippen molar-refractivity contribution in [2.45, 2.75) is 17.4 Å². The van der Waals surface area contributed by atoms with E-state index in [1.165, 1.54) is 11.8 Å². The van der Waals surface area contributed by atoms with E-state index in [1.54, 1.807) is 44.6 Å². The van der Waals surface area contributed by atoms with Gasteiger partial charge in [0.1, 0.15) is 5.75 Å². The van der Waals surface area contributed by atoms with Crippen LogP contribution in [0.2, 0.25) is 0 Å². The molecule has 0 radical (unpaired) electrons. The molecule has 8 heteroatoms. The summed E-state index contributed by atoms with van der Waals surface area (Å²) in [6.07, 6.45) is 3.31. The van der Waals surface area contributed by atoms with Crippen molar-refractivity contribution in [3.63, 3.8) is 0 Å². The minimum atomic E-state index is -0.424. The Labute approximate surface area is 148 Å². The van der Waals surface area contributed by atoms with E-state index in [2.05, 4.69) is 20.5 Å². The number of pyridine rings is 1. The van der Waals surface area contributed by atoms with Gasteiger partial charge in [-0.15, -0.1) is 10.2 Å². The predicted octanol–water partition coefficient (Wildman–Crippen LogP) is 3.26. The number of methoxy groups -OCH3 is 1. The van der Waals surface area contributed by atoms with Gasteiger partial charge in [-0.2, -0.15) is 0 Å². The normalized spacial score (nSPS) is 11.8. The van der Waals surface area contributed by atoms with Crippen LogP contribution in [0, 0.1) is 0 Å². The van der Waals surface area contributed by atoms with Crippen molar-refractivity contribution >= 4 is 23.4 Å². The van der Waals surface area contributed by atoms with Gasteiger partial charge in [0.15, 0.2) is 0 Å². The molecule has 0 bridgehead atoms. The molecular formula is C17H16N4O3S. The van der Waals surface area contributed by atoms with Gasteiger partial charge < -0.3 is 14.5 Å². The molecule has 0 spiro atoms. The molecular weight excluding hydrogens is 340 g/mol. The molecule has 0 saturated carbocycles. The molecule has 1 N–H and O–H groups in total. The summed E-state index contributed by atoms with van der Waals surface area (Å²) in [7, 11) is 1.56. The second kappa shape index (κ2) is 7.80. The van der Waals surface area contributed by atoms with Gasteiger partial charge in [0.05, 0.1) is 23.6 Å². The number of hydrogen-bond acceptors (Lipinski definition) is 7. The molecule has 2 heterocycles. The van der Waals surface area contributed by atoms with Gasteiger partial charge >= 0.3 is 0 Å². The van der Waals surface area contributed by atoms with Crippen LogP contribution in [0.1, 0.15) is 6.92 Å². The first-order valence-electron chi connectivity index (χ1n) is 7.52. The lowest BCUT2D eigenvalue weighted by Crippen LogP contribution is -2.22. The molecule has 128 valence electrons. The highest BCUT2D eigenvalue weighted by Crippen LogP contribution is 2.28. The lowest BCUT2D eigenvalue weighted by atomic mass is 10.3. The molecule has 1 atom stereocenters. The Balaban J connectivity index is 1.65. The molecule has 0 aliphatic rings. The maximum atomic E-state index is 12.4. The van der Waals surface area contributed by atoms with Crippen molar-refractivity contribution in [3.8, 4) is 17.2 Å². The molecule has 0 aliphatic carbocycles. The Morgan fingerprint density at radius 3 is 2.84 bits per heavy atom. The quantitative estimate of drug-likeness (QED) is 0.678. The van der Waals surface area contributed by atoms with Gasteiger partial charge in [-0.25, -0.2) is 0 Å². The highest BCUT2D eigenvalue weighted by molar-refractivity contribution is 8.00. The van der Waals surface area contributed by atoms with Crippen molar-refractivity contribution in [2.24, 2.45) is 0 Å². The summed E-state index contributed by atoms with van der Waals surface area (Å²) < 4.78 is 10.8. The van der Waals surface area contributed by atoms with Gasteiger partial charge in [-0.3, -0.25) is 9.78 Å². The van der Waals surface area contributed by atoms with Crippen LogP contribution in [0.3, 0.4) is 0 Å². The van der Waals surface area contributed by atoms with E-state index in [0.29, 0.717) is 22.6 Å². The van der Waals surface area contributed by atoms with E-state index >= 15 is 0 Å². The van der Waals surface area contributed by atoms with Crippen LogP contribution < -0.4 is 10.1 Å². The number of para-hydroxylation sites is 2. The van der Waals surface area contributed by atoms with Gasteiger partial charge in [-0.1, -0.05) is 23.9 Å². The first-order valence-corrected chi connectivity index (χ1v) is 8.40. The summed E-state index contributed by atoms with van der Waals surface area (Å²) in [6, 6.07) is 10.8. The Morgan fingerprint density at radius 1 is 1.24 bits per heavy atom. The Bertz CT molecular complexity index is 854. The SMILES string of the molecule is COc1ccccc1NC(=O)[C@@H](C)Sc1nnc(-c2cccnc2)o1. The van der Waals surface area contributed by atoms with Gasteiger partial charge in [0.2, 0.25) is 11.8 Å². The van der Waals surface area contributed by atoms with Crippen molar-refractivity contribution in [3.05, 3.63) is 48.8 Å². The van der Waals surface area contributed by atoms with Crippen LogP contribution in [0.4, 0.5) is 5.69 Å². The Hall–Kier alpha value is -2.87. The molecule has 0 aliphatic heterocycles. The molecule has 1 aromatic carbocycles. The third kappa shape index (κ3) is 4.16. The molecule has 25 heavy (non-hydrogen) atoms. The van der Waals surface area contributed by atoms with E-state index in [9.17, 15) is 4.79 Å². The number of carbonyl (C=O) groups is 1. The first-order chi connectivity index (χ1) is 12.2. The smallest absolute Gasteiger partial charge is 0.277 e. The largest absolute Gasteiger partial charge is 0.495 e. The third-order valence-electron chi connectivity index (χ3n) is 3.33. The number of thioether (sulfide) groups is 1. The topological polar surface area (TPSA) is 90.1 Å². The summed E-state index contributed by atoms with van der Waals surface area (Å²) in [6.45, 7) is 1.77. The fourth-order valence-electron chi connectivity index (χ4n) is 2.05. The highest BCUT2D eigenvalue weighted by atomic mass is 32.2. The fraction of sp³-hybridized carbons (Fsp3) is 0.176. The number of amides is 1. The van der Waals surface area contributed by atoms with Crippen LogP contribution in [-0.4, -0.2) is 33.4 Å². The maximum absolute atomic E-state index is 12.4. The molecule has 7 nitrogen and oxygen atoms in total. The van der Waals surface area contributed by atoms with E-state index in [4.69, 9.17) is 9.15 Å². The number of nitrogens with zero attached hydrogens (tertiary/aromatic N) is 3. The number of nitrogens with one attached hydrogen (secondary N) is 1. The van der Waals surface area contributed by atoms with Crippen LogP contribution in [0.5, 0.6) is 5.75 Å². The average Bonchev–Trinajstić information content (AvgIpc) is 3.11. The molecule has 1 amide bonds. The van der Waals surface area contributed by atoms with Gasteiger partial charge in [0, 0.05) is 12.4 Å². The summed E-state index contributed by atoms with van der Waals surface area (Å²) in [5.74, 6) is 0.785. The summed E-state index contributed by atoms with van der Waals surface area (Å²) in [5, 5.41) is 10.7. The standard InChI is InChI=1S/C17H16N4O3S/c1-11(15(22)19-13-7-3-4-8-14(13)23-2)25-17-21-20-16(24-17)12-6-5-9-18-10-12/h3-11H,1-2H3,(H,19,22)/t11-/m1/s1. The summed E-state index contributed by atoms with van der Waals surface area (Å²) >= 11 is 1.19. The highest BCUT2D eigenvalue weighted by Gasteiger charge is 2.20. The van der Waals surface area contributed by atoms with E-state index in [1.807, 2.05) is 18.2 Å². The second-order valence-corrected chi connectivity index (χ2v) is 6.36. The van der Waals surface area contributed by atoms with E-state index < -0.39 is 5.25 Å². The monoisotopic (exact) mass is 356 g/mol. The molecule has 0 unspecified atom stereocenters. The zero-order valence-corrected chi connectivity index (χ0v) is 14.5. The molecule has 3 aromatic rings. The number of hydrogen-bond donors (Lipinski definition) is 1. The predicted molar refractivity (Wildman–Crippen MR) is 94.5 cm³/mol. The Kier molecular flexibility index (Phi) is 5.30. The molecule has 0 saturated heterocycles. The summed E-state index contributed by atoms with van der Waals surface area (Å²) in [5.41, 5.74) is 1.34. The van der Waals surface area contributed by atoms with Crippen molar-refractivity contribution < 1.29 is 13.9 Å². The van der Waals surface area contributed by atoms with E-state index in [0.717, 1.165) is 5.56 Å². The maximum Gasteiger partial charge on any atom is 0.277 e. The van der Waals surface area contributed by atoms with Crippen molar-refractivity contribution in [1.29, 1.82) is 0 Å².